The number of aryl methyl sites for hydroxylation is 1. The number of pyridine rings is 1. The van der Waals surface area contributed by atoms with Crippen LogP contribution in [0.25, 0.3) is 16.5 Å². The van der Waals surface area contributed by atoms with Gasteiger partial charge in [0.2, 0.25) is 0 Å². The van der Waals surface area contributed by atoms with Gasteiger partial charge in [-0.2, -0.15) is 10.4 Å². The third-order valence-corrected chi connectivity index (χ3v) is 7.55. The fourth-order valence-corrected chi connectivity index (χ4v) is 5.20. The summed E-state index contributed by atoms with van der Waals surface area (Å²) in [7, 11) is 0. The molecule has 7 nitrogen and oxygen atoms in total. The van der Waals surface area contributed by atoms with E-state index in [1.807, 2.05) is 49.4 Å². The number of nitriles is 1. The predicted octanol–water partition coefficient (Wildman–Crippen LogP) is 5.84. The number of nitrogens with two attached hydrogens (primary N) is 1. The van der Waals surface area contributed by atoms with Crippen LogP contribution in [0.1, 0.15) is 57.3 Å². The molecule has 0 amide bonds. The molecule has 1 saturated carbocycles. The second kappa shape index (κ2) is 11.0. The maximum absolute atomic E-state index is 15.1. The largest absolute Gasteiger partial charge is 0.383 e. The molecule has 3 aromatic carbocycles. The third kappa shape index (κ3) is 5.58. The number of carbonyl (C=O) groups is 1. The van der Waals surface area contributed by atoms with E-state index in [0.717, 1.165) is 28.4 Å². The fourth-order valence-electron chi connectivity index (χ4n) is 5.20. The molecule has 0 saturated heterocycles. The number of nitrogens with one attached hydrogen (secondary N) is 1. The number of nitrogens with zero attached hydrogens (tertiary/aromatic N) is 4. The van der Waals surface area contributed by atoms with Gasteiger partial charge in [-0.1, -0.05) is 30.3 Å². The first-order chi connectivity index (χ1) is 19.9. The van der Waals surface area contributed by atoms with Gasteiger partial charge in [0.15, 0.2) is 5.78 Å². The van der Waals surface area contributed by atoms with Crippen molar-refractivity contribution >= 4 is 22.4 Å². The first kappa shape index (κ1) is 26.4. The van der Waals surface area contributed by atoms with Crippen LogP contribution in [0, 0.1) is 30.0 Å². The number of rotatable bonds is 9. The minimum absolute atomic E-state index is 0.129. The monoisotopic (exact) mass is 544 g/mol. The second-order valence-corrected chi connectivity index (χ2v) is 10.7. The van der Waals surface area contributed by atoms with Gasteiger partial charge >= 0.3 is 0 Å². The number of aromatic nitrogens is 3. The van der Waals surface area contributed by atoms with Crippen molar-refractivity contribution in [3.05, 3.63) is 118 Å². The maximum atomic E-state index is 15.1. The standard InChI is InChI=1S/C33H29FN6O/c1-20-13-30(40(39-20)27-9-7-23-11-12-37-33(36)28(23)17-27)31(41)16-26-15-25(8-10-29(26)34)32(38-19-21-5-6-21)24-4-2-3-22(14-24)18-35/h2-4,7-15,17,21,32,38H,5-6,16,19H2,1H3,(H2,36,37). The lowest BCUT2D eigenvalue weighted by Gasteiger charge is -2.21. The zero-order valence-corrected chi connectivity index (χ0v) is 22.6. The SMILES string of the molecule is Cc1cc(C(=O)Cc2cc(C(NCC3CC3)c3cccc(C#N)c3)ccc2F)n(-c2ccc3ccnc(N)c3c2)n1. The molecule has 1 aliphatic carbocycles. The normalized spacial score (nSPS) is 13.7. The highest BCUT2D eigenvalue weighted by molar-refractivity contribution is 5.97. The molecule has 0 radical (unpaired) electrons. The van der Waals surface area contributed by atoms with E-state index in [0.29, 0.717) is 39.9 Å². The fraction of sp³-hybridized carbons (Fsp3) is 0.212. The van der Waals surface area contributed by atoms with Gasteiger partial charge < -0.3 is 11.1 Å². The van der Waals surface area contributed by atoms with Crippen LogP contribution in [0.5, 0.6) is 0 Å². The van der Waals surface area contributed by atoms with Gasteiger partial charge in [-0.3, -0.25) is 4.79 Å². The summed E-state index contributed by atoms with van der Waals surface area (Å²) in [5, 5.41) is 19.3. The van der Waals surface area contributed by atoms with Crippen LogP contribution in [0.2, 0.25) is 0 Å². The smallest absolute Gasteiger partial charge is 0.185 e. The summed E-state index contributed by atoms with van der Waals surface area (Å²) in [6.45, 7) is 2.65. The number of hydrogen-bond acceptors (Lipinski definition) is 6. The summed E-state index contributed by atoms with van der Waals surface area (Å²) >= 11 is 0. The molecule has 1 unspecified atom stereocenters. The summed E-state index contributed by atoms with van der Waals surface area (Å²) < 4.78 is 16.7. The van der Waals surface area contributed by atoms with Crippen LogP contribution in [-0.4, -0.2) is 27.1 Å². The number of fused-ring (bicyclic) bond motifs is 1. The Morgan fingerprint density at radius 2 is 1.95 bits per heavy atom. The van der Waals surface area contributed by atoms with Crippen LogP contribution in [-0.2, 0) is 6.42 Å². The Labute approximate surface area is 237 Å². The highest BCUT2D eigenvalue weighted by Gasteiger charge is 2.25. The lowest BCUT2D eigenvalue weighted by molar-refractivity contribution is 0.0984. The van der Waals surface area contributed by atoms with E-state index in [9.17, 15) is 10.1 Å². The van der Waals surface area contributed by atoms with E-state index >= 15 is 4.39 Å². The van der Waals surface area contributed by atoms with Crippen molar-refractivity contribution in [2.75, 3.05) is 12.3 Å². The molecule has 6 rings (SSSR count). The lowest BCUT2D eigenvalue weighted by Crippen LogP contribution is -2.25. The summed E-state index contributed by atoms with van der Waals surface area (Å²) in [5.41, 5.74) is 10.4. The maximum Gasteiger partial charge on any atom is 0.185 e. The molecule has 0 bridgehead atoms. The Balaban J connectivity index is 1.32. The van der Waals surface area contributed by atoms with E-state index in [4.69, 9.17) is 5.73 Å². The quantitative estimate of drug-likeness (QED) is 0.226. The van der Waals surface area contributed by atoms with E-state index in [2.05, 4.69) is 21.5 Å². The average Bonchev–Trinajstić information content (AvgIpc) is 3.73. The number of hydrogen-bond donors (Lipinski definition) is 2. The van der Waals surface area contributed by atoms with Crippen LogP contribution in [0.15, 0.2) is 79.0 Å². The van der Waals surface area contributed by atoms with Crippen molar-refractivity contribution < 1.29 is 9.18 Å². The highest BCUT2D eigenvalue weighted by atomic mass is 19.1. The third-order valence-electron chi connectivity index (χ3n) is 7.55. The van der Waals surface area contributed by atoms with Crippen LogP contribution in [0.4, 0.5) is 10.2 Å². The van der Waals surface area contributed by atoms with Gasteiger partial charge in [-0.15, -0.1) is 0 Å². The molecule has 0 spiro atoms. The van der Waals surface area contributed by atoms with Gasteiger partial charge in [0.05, 0.1) is 29.1 Å². The Morgan fingerprint density at radius 1 is 1.12 bits per heavy atom. The first-order valence-electron chi connectivity index (χ1n) is 13.7. The molecule has 0 aliphatic heterocycles. The number of nitrogen functional groups attached to an aromatic ring is 1. The summed E-state index contributed by atoms with van der Waals surface area (Å²) in [5.74, 6) is 0.323. The molecule has 41 heavy (non-hydrogen) atoms. The number of ketones is 1. The lowest BCUT2D eigenvalue weighted by atomic mass is 9.94. The van der Waals surface area contributed by atoms with Crippen molar-refractivity contribution in [1.82, 2.24) is 20.1 Å². The first-order valence-corrected chi connectivity index (χ1v) is 13.7. The highest BCUT2D eigenvalue weighted by Crippen LogP contribution is 2.31. The minimum atomic E-state index is -0.443. The van der Waals surface area contributed by atoms with Gasteiger partial charge in [0.1, 0.15) is 17.3 Å². The van der Waals surface area contributed by atoms with Crippen LogP contribution in [0.3, 0.4) is 0 Å². The number of halogens is 1. The van der Waals surface area contributed by atoms with E-state index < -0.39 is 5.82 Å². The zero-order chi connectivity index (χ0) is 28.5. The minimum Gasteiger partial charge on any atom is -0.383 e. The van der Waals surface area contributed by atoms with Crippen molar-refractivity contribution in [3.63, 3.8) is 0 Å². The zero-order valence-electron chi connectivity index (χ0n) is 22.6. The topological polar surface area (TPSA) is 110 Å². The van der Waals surface area contributed by atoms with Crippen LogP contribution >= 0.6 is 0 Å². The van der Waals surface area contributed by atoms with E-state index in [-0.39, 0.29) is 18.2 Å². The van der Waals surface area contributed by atoms with Crippen molar-refractivity contribution in [2.45, 2.75) is 32.2 Å². The van der Waals surface area contributed by atoms with Gasteiger partial charge in [0, 0.05) is 18.0 Å². The Morgan fingerprint density at radius 3 is 2.76 bits per heavy atom. The Bertz CT molecular complexity index is 1820. The summed E-state index contributed by atoms with van der Waals surface area (Å²) in [4.78, 5) is 17.8. The number of Topliss-reactive ketones (excluding diaryl/α,β-unsaturated/α-hetero) is 1. The molecule has 1 atom stereocenters. The molecular formula is C33H29FN6O. The number of anilines is 1. The Kier molecular flexibility index (Phi) is 7.04. The van der Waals surface area contributed by atoms with Gasteiger partial charge in [-0.05, 0) is 96.8 Å². The average molecular weight is 545 g/mol. The number of benzene rings is 3. The predicted molar refractivity (Wildman–Crippen MR) is 156 cm³/mol. The molecular weight excluding hydrogens is 515 g/mol. The summed E-state index contributed by atoms with van der Waals surface area (Å²) in [6, 6.07) is 23.5. The molecule has 204 valence electrons. The molecule has 8 heteroatoms. The molecule has 2 heterocycles. The summed E-state index contributed by atoms with van der Waals surface area (Å²) in [6.07, 6.45) is 3.90. The molecule has 5 aromatic rings. The van der Waals surface area contributed by atoms with Crippen LogP contribution < -0.4 is 11.1 Å². The van der Waals surface area contributed by atoms with Crippen molar-refractivity contribution in [2.24, 2.45) is 5.92 Å². The number of carbonyl (C=O) groups excluding carboxylic acids is 1. The van der Waals surface area contributed by atoms with Gasteiger partial charge in [0.25, 0.3) is 0 Å². The van der Waals surface area contributed by atoms with Crippen molar-refractivity contribution in [3.8, 4) is 11.8 Å². The van der Waals surface area contributed by atoms with Crippen molar-refractivity contribution in [1.29, 1.82) is 5.26 Å². The molecule has 1 aliphatic rings. The molecule has 3 N–H and O–H groups in total. The van der Waals surface area contributed by atoms with Gasteiger partial charge in [-0.25, -0.2) is 14.1 Å². The molecule has 2 aromatic heterocycles. The second-order valence-electron chi connectivity index (χ2n) is 10.7. The Hall–Kier alpha value is -4.87. The van der Waals surface area contributed by atoms with E-state index in [1.54, 1.807) is 35.1 Å². The van der Waals surface area contributed by atoms with E-state index in [1.165, 1.54) is 18.9 Å². The molecule has 1 fully saturated rings.